The largest absolute Gasteiger partial charge is 0.406 e. The van der Waals surface area contributed by atoms with Crippen molar-refractivity contribution >= 4 is 11.7 Å². The lowest BCUT2D eigenvalue weighted by Gasteiger charge is -2.18. The van der Waals surface area contributed by atoms with E-state index in [0.717, 1.165) is 7.05 Å². The quantitative estimate of drug-likeness (QED) is 0.658. The number of amides is 1. The Hall–Kier alpha value is -1.07. The Bertz CT molecular complexity index is 235. The second-order valence-electron chi connectivity index (χ2n) is 3.30. The molecule has 0 fully saturated rings. The first-order valence-electron chi connectivity index (χ1n) is 4.01. The Morgan fingerprint density at radius 2 is 1.71 bits per heavy atom. The maximum Gasteiger partial charge on any atom is 0.406 e. The number of rotatable bonds is 3. The molecule has 3 nitrogen and oxygen atoms in total. The minimum atomic E-state index is -4.47. The Labute approximate surface area is 79.9 Å². The van der Waals surface area contributed by atoms with Crippen LogP contribution in [0.4, 0.5) is 13.2 Å². The molecule has 14 heavy (non-hydrogen) atoms. The van der Waals surface area contributed by atoms with Crippen LogP contribution in [0.1, 0.15) is 13.8 Å². The van der Waals surface area contributed by atoms with Crippen LogP contribution in [-0.4, -0.2) is 36.4 Å². The molecule has 0 unspecified atom stereocenters. The van der Waals surface area contributed by atoms with Crippen LogP contribution in [0, 0.1) is 5.92 Å². The number of Topliss-reactive ketones (excluding diaryl/α,β-unsaturated/α-hetero) is 1. The van der Waals surface area contributed by atoms with Crippen LogP contribution in [0.2, 0.25) is 0 Å². The van der Waals surface area contributed by atoms with Gasteiger partial charge in [0, 0.05) is 13.0 Å². The van der Waals surface area contributed by atoms with Crippen molar-refractivity contribution in [2.75, 3.05) is 13.6 Å². The van der Waals surface area contributed by atoms with Gasteiger partial charge >= 0.3 is 6.18 Å². The fourth-order valence-electron chi connectivity index (χ4n) is 0.776. The van der Waals surface area contributed by atoms with Gasteiger partial charge in [-0.15, -0.1) is 0 Å². The number of nitrogens with zero attached hydrogens (tertiary/aromatic N) is 1. The topological polar surface area (TPSA) is 37.4 Å². The molecule has 0 aromatic rings. The van der Waals surface area contributed by atoms with Crippen molar-refractivity contribution in [3.63, 3.8) is 0 Å². The molecular formula is C8H12F3NO2. The van der Waals surface area contributed by atoms with Crippen LogP contribution in [0.15, 0.2) is 0 Å². The summed E-state index contributed by atoms with van der Waals surface area (Å²) in [7, 11) is 0.954. The van der Waals surface area contributed by atoms with E-state index in [1.54, 1.807) is 0 Å². The number of carbonyl (C=O) groups is 2. The number of hydrogen-bond donors (Lipinski definition) is 0. The number of likely N-dealkylation sites (N-methyl/N-ethyl adjacent to an activating group) is 1. The van der Waals surface area contributed by atoms with Gasteiger partial charge in [-0.05, 0) is 0 Å². The summed E-state index contributed by atoms with van der Waals surface area (Å²) in [5.41, 5.74) is 0. The fraction of sp³-hybridized carbons (Fsp3) is 0.750. The second kappa shape index (κ2) is 4.43. The Balaban J connectivity index is 4.34. The average Bonchev–Trinajstić information content (AvgIpc) is 1.98. The molecule has 0 spiro atoms. The lowest BCUT2D eigenvalue weighted by Crippen LogP contribution is -2.41. The van der Waals surface area contributed by atoms with Crippen LogP contribution >= 0.6 is 0 Å². The zero-order valence-electron chi connectivity index (χ0n) is 8.18. The van der Waals surface area contributed by atoms with Gasteiger partial charge in [0.2, 0.25) is 5.78 Å². The lowest BCUT2D eigenvalue weighted by atomic mass is 10.1. The average molecular weight is 211 g/mol. The molecule has 0 aromatic heterocycles. The molecule has 0 radical (unpaired) electrons. The maximum absolute atomic E-state index is 11.8. The van der Waals surface area contributed by atoms with Crippen molar-refractivity contribution in [1.29, 1.82) is 0 Å². The smallest absolute Gasteiger partial charge is 0.330 e. The highest BCUT2D eigenvalue weighted by Crippen LogP contribution is 2.15. The van der Waals surface area contributed by atoms with Gasteiger partial charge < -0.3 is 4.90 Å². The molecule has 6 heteroatoms. The van der Waals surface area contributed by atoms with Crippen LogP contribution in [-0.2, 0) is 9.59 Å². The van der Waals surface area contributed by atoms with Crippen molar-refractivity contribution in [3.05, 3.63) is 0 Å². The first-order valence-corrected chi connectivity index (χ1v) is 4.01. The van der Waals surface area contributed by atoms with Gasteiger partial charge in [-0.3, -0.25) is 9.59 Å². The van der Waals surface area contributed by atoms with E-state index in [-0.39, 0.29) is 0 Å². The molecule has 0 aromatic carbocycles. The number of alkyl halides is 3. The minimum absolute atomic E-state index is 0.377. The highest BCUT2D eigenvalue weighted by atomic mass is 19.4. The second-order valence-corrected chi connectivity index (χ2v) is 3.30. The number of hydrogen-bond acceptors (Lipinski definition) is 2. The van der Waals surface area contributed by atoms with E-state index in [4.69, 9.17) is 0 Å². The molecule has 0 rings (SSSR count). The minimum Gasteiger partial charge on any atom is -0.330 e. The Morgan fingerprint density at radius 1 is 1.29 bits per heavy atom. The van der Waals surface area contributed by atoms with Crippen molar-refractivity contribution in [2.45, 2.75) is 20.0 Å². The summed E-state index contributed by atoms with van der Waals surface area (Å²) in [5.74, 6) is -2.49. The highest BCUT2D eigenvalue weighted by molar-refractivity contribution is 6.36. The molecule has 0 saturated heterocycles. The summed E-state index contributed by atoms with van der Waals surface area (Å²) in [6, 6.07) is 0. The van der Waals surface area contributed by atoms with Gasteiger partial charge in [0.1, 0.15) is 6.54 Å². The van der Waals surface area contributed by atoms with Gasteiger partial charge in [-0.25, -0.2) is 0 Å². The molecule has 0 aliphatic heterocycles. The summed E-state index contributed by atoms with van der Waals surface area (Å²) in [4.78, 5) is 22.4. The predicted molar refractivity (Wildman–Crippen MR) is 43.5 cm³/mol. The van der Waals surface area contributed by atoms with Gasteiger partial charge in [0.05, 0.1) is 0 Å². The summed E-state index contributed by atoms with van der Waals surface area (Å²) >= 11 is 0. The number of carbonyl (C=O) groups excluding carboxylic acids is 2. The summed E-state index contributed by atoms with van der Waals surface area (Å²) in [5, 5.41) is 0. The van der Waals surface area contributed by atoms with E-state index in [9.17, 15) is 22.8 Å². The number of halogens is 3. The van der Waals surface area contributed by atoms with Crippen LogP contribution in [0.5, 0.6) is 0 Å². The molecule has 0 aliphatic rings. The molecule has 0 saturated carbocycles. The van der Waals surface area contributed by atoms with Crippen LogP contribution in [0.3, 0.4) is 0 Å². The highest BCUT2D eigenvalue weighted by Gasteiger charge is 2.33. The summed E-state index contributed by atoms with van der Waals surface area (Å²) in [6.07, 6.45) is -4.47. The molecule has 1 amide bonds. The first-order chi connectivity index (χ1) is 6.15. The van der Waals surface area contributed by atoms with Gasteiger partial charge in [0.25, 0.3) is 5.91 Å². The predicted octanol–water partition coefficient (Wildman–Crippen LogP) is 1.23. The van der Waals surface area contributed by atoms with Gasteiger partial charge in [0.15, 0.2) is 0 Å². The third kappa shape index (κ3) is 4.25. The Morgan fingerprint density at radius 3 is 2.00 bits per heavy atom. The van der Waals surface area contributed by atoms with Gasteiger partial charge in [-0.1, -0.05) is 13.8 Å². The van der Waals surface area contributed by atoms with E-state index in [1.165, 1.54) is 13.8 Å². The molecule has 82 valence electrons. The molecule has 0 bridgehead atoms. The molecule has 0 aliphatic carbocycles. The zero-order valence-corrected chi connectivity index (χ0v) is 8.18. The van der Waals surface area contributed by atoms with E-state index < -0.39 is 30.3 Å². The zero-order chi connectivity index (χ0) is 11.5. The first kappa shape index (κ1) is 12.9. The molecular weight excluding hydrogens is 199 g/mol. The third-order valence-corrected chi connectivity index (χ3v) is 1.50. The lowest BCUT2D eigenvalue weighted by molar-refractivity contribution is -0.162. The van der Waals surface area contributed by atoms with Crippen molar-refractivity contribution in [3.8, 4) is 0 Å². The number of ketones is 1. The SMILES string of the molecule is CC(C)C(=O)C(=O)N(C)CC(F)(F)F. The van der Waals surface area contributed by atoms with E-state index >= 15 is 0 Å². The molecule has 0 heterocycles. The van der Waals surface area contributed by atoms with E-state index in [0.29, 0.717) is 4.90 Å². The van der Waals surface area contributed by atoms with Crippen molar-refractivity contribution in [1.82, 2.24) is 4.90 Å². The molecule has 0 N–H and O–H groups in total. The monoisotopic (exact) mass is 211 g/mol. The van der Waals surface area contributed by atoms with Gasteiger partial charge in [-0.2, -0.15) is 13.2 Å². The standard InChI is InChI=1S/C8H12F3NO2/c1-5(2)6(13)7(14)12(3)4-8(9,10)11/h5H,4H2,1-3H3. The van der Waals surface area contributed by atoms with E-state index in [2.05, 4.69) is 0 Å². The summed E-state index contributed by atoms with van der Waals surface area (Å²) in [6.45, 7) is 1.52. The maximum atomic E-state index is 11.8. The van der Waals surface area contributed by atoms with Crippen molar-refractivity contribution in [2.24, 2.45) is 5.92 Å². The fourth-order valence-corrected chi connectivity index (χ4v) is 0.776. The van der Waals surface area contributed by atoms with Crippen LogP contribution in [0.25, 0.3) is 0 Å². The Kier molecular flexibility index (Phi) is 4.09. The normalized spacial score (nSPS) is 11.6. The third-order valence-electron chi connectivity index (χ3n) is 1.50. The molecule has 0 atom stereocenters. The summed E-state index contributed by atoms with van der Waals surface area (Å²) < 4.78 is 35.5. The van der Waals surface area contributed by atoms with Crippen LogP contribution < -0.4 is 0 Å². The van der Waals surface area contributed by atoms with E-state index in [1.807, 2.05) is 0 Å². The van der Waals surface area contributed by atoms with Crippen molar-refractivity contribution < 1.29 is 22.8 Å².